The van der Waals surface area contributed by atoms with E-state index >= 15 is 0 Å². The molecule has 6 heterocycles. The molecule has 75 heavy (non-hydrogen) atoms. The fraction of sp³-hybridized carbons (Fsp3) is 0.358. The third-order valence-electron chi connectivity index (χ3n) is 10.8. The maximum atomic E-state index is 12.8. The number of carboxylic acid groups (broad SMARTS) is 1. The van der Waals surface area contributed by atoms with E-state index in [1.807, 2.05) is 77.9 Å². The standard InChI is InChI=1S/C27H31N5O5.C18H14N4O4.C8H18N2O2/c1-27(2,3)37-26(34)31(4)14-6-7-22(33)18-8-11-24-29-30-25(32(24)16-18)17-36-23-12-13-28-21-15-19(35-5)9-10-20(21)23;1-25-12-3-4-13-14(8-12)19-7-6-15(13)26-10-17-21-20-16-5-2-11(18(23)24)9-22(16)17;1-8(2,3)12-7(11)10(4)6-5-9/h8-13,15-16H,6-7,14,17H2,1-5H3;2-9H,10H2,1H3,(H,23,24);5-6,9H2,1-4H3. The van der Waals surface area contributed by atoms with Gasteiger partial charge in [0.25, 0.3) is 0 Å². The van der Waals surface area contributed by atoms with E-state index in [-0.39, 0.29) is 30.7 Å². The summed E-state index contributed by atoms with van der Waals surface area (Å²) in [6.45, 7) is 12.6. The van der Waals surface area contributed by atoms with Gasteiger partial charge >= 0.3 is 18.2 Å². The smallest absolute Gasteiger partial charge is 0.410 e. The maximum Gasteiger partial charge on any atom is 0.410 e. The number of ether oxygens (including phenoxy) is 6. The number of nitrogens with zero attached hydrogens (tertiary/aromatic N) is 10. The average molecular weight is 1030 g/mol. The van der Waals surface area contributed by atoms with Crippen LogP contribution in [0.5, 0.6) is 23.0 Å². The highest BCUT2D eigenvalue weighted by atomic mass is 16.6. The highest BCUT2D eigenvalue weighted by Gasteiger charge is 2.21. The van der Waals surface area contributed by atoms with E-state index in [1.54, 1.807) is 86.0 Å². The zero-order chi connectivity index (χ0) is 54.5. The number of ketones is 1. The number of fused-ring (bicyclic) bond motifs is 4. The third kappa shape index (κ3) is 15.4. The number of aromatic nitrogens is 8. The molecule has 22 heteroatoms. The lowest BCUT2D eigenvalue weighted by atomic mass is 10.1. The highest BCUT2D eigenvalue weighted by molar-refractivity contribution is 5.96. The van der Waals surface area contributed by atoms with Crippen molar-refractivity contribution in [1.82, 2.24) is 49.0 Å². The summed E-state index contributed by atoms with van der Waals surface area (Å²) in [7, 11) is 6.54. The minimum atomic E-state index is -1.01. The quantitative estimate of drug-likeness (QED) is 0.0866. The first-order valence-electron chi connectivity index (χ1n) is 23.8. The lowest BCUT2D eigenvalue weighted by Crippen LogP contribution is -2.36. The van der Waals surface area contributed by atoms with Crippen molar-refractivity contribution in [2.75, 3.05) is 47.9 Å². The van der Waals surface area contributed by atoms with E-state index in [4.69, 9.17) is 39.3 Å². The predicted octanol–water partition coefficient (Wildman–Crippen LogP) is 8.07. The number of hydrogen-bond acceptors (Lipinski definition) is 17. The van der Waals surface area contributed by atoms with Crippen LogP contribution in [0.3, 0.4) is 0 Å². The SMILES string of the molecule is CN(CCN)C(=O)OC(C)(C)C.COc1ccc2c(OCc3nnc4ccc(C(=O)CCCN(C)C(=O)OC(C)(C)C)cn34)ccnc2c1.COc1ccc2c(OCc3nnc4ccc(C(=O)O)cn34)ccnc2c1. The van der Waals surface area contributed by atoms with Crippen molar-refractivity contribution < 1.29 is 52.7 Å². The Morgan fingerprint density at radius 2 is 1.07 bits per heavy atom. The van der Waals surface area contributed by atoms with E-state index in [1.165, 1.54) is 22.1 Å². The normalized spacial score (nSPS) is 11.2. The summed E-state index contributed by atoms with van der Waals surface area (Å²) in [4.78, 5) is 58.9. The van der Waals surface area contributed by atoms with Crippen molar-refractivity contribution in [2.24, 2.45) is 5.73 Å². The number of carbonyl (C=O) groups is 4. The molecule has 8 rings (SSSR count). The third-order valence-corrected chi connectivity index (χ3v) is 10.8. The van der Waals surface area contributed by atoms with Gasteiger partial charge in [0.1, 0.15) is 47.4 Å². The van der Waals surface area contributed by atoms with Crippen LogP contribution in [0.2, 0.25) is 0 Å². The summed E-state index contributed by atoms with van der Waals surface area (Å²) in [5.41, 5.74) is 7.66. The average Bonchev–Trinajstić information content (AvgIpc) is 3.99. The van der Waals surface area contributed by atoms with Crippen LogP contribution in [0.15, 0.2) is 97.6 Å². The molecule has 396 valence electrons. The van der Waals surface area contributed by atoms with Crippen molar-refractivity contribution in [2.45, 2.75) is 78.8 Å². The Morgan fingerprint density at radius 3 is 1.51 bits per heavy atom. The van der Waals surface area contributed by atoms with Crippen molar-refractivity contribution >= 4 is 57.0 Å². The first kappa shape index (κ1) is 55.7. The second-order valence-electron chi connectivity index (χ2n) is 18.9. The number of benzene rings is 2. The van der Waals surface area contributed by atoms with Crippen molar-refractivity contribution in [1.29, 1.82) is 0 Å². The van der Waals surface area contributed by atoms with E-state index < -0.39 is 23.3 Å². The van der Waals surface area contributed by atoms with Gasteiger partial charge in [0.05, 0.1) is 30.8 Å². The molecular formula is C53H63N11O11. The molecule has 0 unspecified atom stereocenters. The van der Waals surface area contributed by atoms with Gasteiger partial charge in [0, 0.05) is 93.4 Å². The molecule has 22 nitrogen and oxygen atoms in total. The number of likely N-dealkylation sites (N-methyl/N-ethyl adjacent to an activating group) is 1. The van der Waals surface area contributed by atoms with Crippen LogP contribution in [-0.4, -0.2) is 137 Å². The summed E-state index contributed by atoms with van der Waals surface area (Å²) >= 11 is 0. The van der Waals surface area contributed by atoms with Crippen LogP contribution in [0.25, 0.3) is 33.1 Å². The Kier molecular flexibility index (Phi) is 18.4. The number of rotatable bonds is 16. The molecule has 8 aromatic rings. The Hall–Kier alpha value is -8.66. The first-order valence-corrected chi connectivity index (χ1v) is 23.8. The second kappa shape index (κ2) is 24.8. The highest BCUT2D eigenvalue weighted by Crippen LogP contribution is 2.29. The van der Waals surface area contributed by atoms with Gasteiger partial charge in [0.2, 0.25) is 0 Å². The molecule has 0 radical (unpaired) electrons. The van der Waals surface area contributed by atoms with E-state index in [0.29, 0.717) is 84.0 Å². The van der Waals surface area contributed by atoms with Gasteiger partial charge in [-0.05, 0) is 109 Å². The summed E-state index contributed by atoms with van der Waals surface area (Å²) in [5.74, 6) is 2.75. The van der Waals surface area contributed by atoms with Crippen molar-refractivity contribution in [3.63, 3.8) is 0 Å². The van der Waals surface area contributed by atoms with Gasteiger partial charge in [-0.25, -0.2) is 14.4 Å². The fourth-order valence-electron chi connectivity index (χ4n) is 7.04. The van der Waals surface area contributed by atoms with E-state index in [2.05, 4.69) is 30.4 Å². The molecule has 3 N–H and O–H groups in total. The number of aromatic carboxylic acids is 1. The molecule has 2 aromatic carbocycles. The van der Waals surface area contributed by atoms with Gasteiger partial charge in [-0.1, -0.05) is 0 Å². The Bertz CT molecular complexity index is 3270. The van der Waals surface area contributed by atoms with Crippen LogP contribution in [0.1, 0.15) is 86.7 Å². The second-order valence-corrected chi connectivity index (χ2v) is 18.9. The molecular weight excluding hydrogens is 967 g/mol. The molecule has 0 aliphatic carbocycles. The molecule has 0 bridgehead atoms. The number of amides is 2. The van der Waals surface area contributed by atoms with Crippen molar-refractivity contribution in [3.8, 4) is 23.0 Å². The van der Waals surface area contributed by atoms with Gasteiger partial charge in [-0.3, -0.25) is 23.6 Å². The molecule has 0 spiro atoms. The van der Waals surface area contributed by atoms with Crippen molar-refractivity contribution in [3.05, 3.63) is 120 Å². The van der Waals surface area contributed by atoms with Crippen LogP contribution >= 0.6 is 0 Å². The summed E-state index contributed by atoms with van der Waals surface area (Å²) in [6, 6.07) is 21.3. The van der Waals surface area contributed by atoms with Gasteiger partial charge < -0.3 is 49.1 Å². The number of pyridine rings is 4. The minimum absolute atomic E-state index is 0.0332. The topological polar surface area (TPSA) is 263 Å². The monoisotopic (exact) mass is 1030 g/mol. The largest absolute Gasteiger partial charge is 0.497 e. The number of carboxylic acids is 1. The molecule has 6 aromatic heterocycles. The number of carbonyl (C=O) groups excluding carboxylic acids is 3. The fourth-order valence-corrected chi connectivity index (χ4v) is 7.04. The lowest BCUT2D eigenvalue weighted by molar-refractivity contribution is 0.0289. The molecule has 0 aliphatic rings. The number of Topliss-reactive ketones (excluding diaryl/α,β-unsaturated/α-hetero) is 1. The maximum absolute atomic E-state index is 12.8. The molecule has 0 saturated heterocycles. The molecule has 0 fully saturated rings. The molecule has 2 amide bonds. The van der Waals surface area contributed by atoms with Crippen LogP contribution in [0, 0.1) is 0 Å². The Labute approximate surface area is 433 Å². The van der Waals surface area contributed by atoms with E-state index in [9.17, 15) is 19.2 Å². The van der Waals surface area contributed by atoms with Gasteiger partial charge in [-0.15, -0.1) is 20.4 Å². The van der Waals surface area contributed by atoms with Gasteiger partial charge in [-0.2, -0.15) is 0 Å². The van der Waals surface area contributed by atoms with Crippen LogP contribution in [-0.2, 0) is 22.7 Å². The minimum Gasteiger partial charge on any atom is -0.497 e. The lowest BCUT2D eigenvalue weighted by Gasteiger charge is -2.24. The number of nitrogens with two attached hydrogens (primary N) is 1. The van der Waals surface area contributed by atoms with E-state index in [0.717, 1.165) is 21.8 Å². The predicted molar refractivity (Wildman–Crippen MR) is 279 cm³/mol. The number of methoxy groups -OCH3 is 2. The Morgan fingerprint density at radius 1 is 0.613 bits per heavy atom. The first-order chi connectivity index (χ1) is 35.7. The van der Waals surface area contributed by atoms with Crippen LogP contribution < -0.4 is 24.7 Å². The zero-order valence-corrected chi connectivity index (χ0v) is 43.8. The molecule has 0 aliphatic heterocycles. The summed E-state index contributed by atoms with van der Waals surface area (Å²) in [5, 5.41) is 27.4. The Balaban J connectivity index is 0.000000208. The van der Waals surface area contributed by atoms with Gasteiger partial charge in [0.15, 0.2) is 28.7 Å². The zero-order valence-electron chi connectivity index (χ0n) is 43.8. The summed E-state index contributed by atoms with van der Waals surface area (Å²) in [6.07, 6.45) is 6.61. The summed E-state index contributed by atoms with van der Waals surface area (Å²) < 4.78 is 36.2. The molecule has 0 atom stereocenters. The van der Waals surface area contributed by atoms with Crippen LogP contribution in [0.4, 0.5) is 9.59 Å². The number of hydrogen-bond donors (Lipinski definition) is 2. The molecule has 0 saturated carbocycles.